The van der Waals surface area contributed by atoms with E-state index in [9.17, 15) is 9.90 Å². The van der Waals surface area contributed by atoms with Gasteiger partial charge in [-0.15, -0.1) is 0 Å². The Hall–Kier alpha value is -0.370. The molecule has 2 nitrogen and oxygen atoms in total. The summed E-state index contributed by atoms with van der Waals surface area (Å²) in [6, 6.07) is 0. The number of ketones is 1. The first kappa shape index (κ1) is 8.72. The number of hydrogen-bond acceptors (Lipinski definition) is 2. The Morgan fingerprint density at radius 2 is 1.91 bits per heavy atom. The van der Waals surface area contributed by atoms with Crippen LogP contribution in [-0.2, 0) is 4.79 Å². The largest absolute Gasteiger partial charge is 0.382 e. The molecule has 2 heteroatoms. The molecule has 0 aliphatic heterocycles. The Morgan fingerprint density at radius 3 is 2.27 bits per heavy atom. The fourth-order valence-electron chi connectivity index (χ4n) is 1.56. The summed E-state index contributed by atoms with van der Waals surface area (Å²) in [7, 11) is 0. The van der Waals surface area contributed by atoms with Crippen LogP contribution < -0.4 is 0 Å². The van der Waals surface area contributed by atoms with E-state index in [4.69, 9.17) is 0 Å². The van der Waals surface area contributed by atoms with E-state index in [-0.39, 0.29) is 11.2 Å². The van der Waals surface area contributed by atoms with Crippen molar-refractivity contribution in [2.45, 2.75) is 45.6 Å². The van der Waals surface area contributed by atoms with Gasteiger partial charge in [0.05, 0.1) is 0 Å². The Kier molecular flexibility index (Phi) is 1.83. The molecule has 0 radical (unpaired) electrons. The van der Waals surface area contributed by atoms with E-state index in [1.54, 1.807) is 6.92 Å². The van der Waals surface area contributed by atoms with E-state index in [1.165, 1.54) is 0 Å². The predicted molar refractivity (Wildman–Crippen MR) is 43.3 cm³/mol. The van der Waals surface area contributed by atoms with Crippen molar-refractivity contribution in [2.24, 2.45) is 5.41 Å². The van der Waals surface area contributed by atoms with Crippen molar-refractivity contribution in [2.75, 3.05) is 0 Å². The number of Topliss-reactive ketones (excluding diaryl/α,β-unsaturated/α-hetero) is 1. The lowest BCUT2D eigenvalue weighted by atomic mass is 9.66. The molecule has 0 amide bonds. The summed E-state index contributed by atoms with van der Waals surface area (Å²) in [5, 5.41) is 9.82. The van der Waals surface area contributed by atoms with Gasteiger partial charge in [-0.25, -0.2) is 0 Å². The molecule has 1 N–H and O–H groups in total. The third-order valence-corrected chi connectivity index (χ3v) is 3.07. The molecule has 0 bridgehead atoms. The van der Waals surface area contributed by atoms with Crippen LogP contribution in [0.3, 0.4) is 0 Å². The molecule has 1 atom stereocenters. The van der Waals surface area contributed by atoms with Crippen LogP contribution in [0.15, 0.2) is 0 Å². The minimum Gasteiger partial charge on any atom is -0.382 e. The lowest BCUT2D eigenvalue weighted by Crippen LogP contribution is -2.51. The third kappa shape index (κ3) is 1.20. The molecule has 0 spiro atoms. The van der Waals surface area contributed by atoms with E-state index in [0.29, 0.717) is 6.42 Å². The Bertz CT molecular complexity index is 180. The van der Waals surface area contributed by atoms with Crippen molar-refractivity contribution >= 4 is 5.78 Å². The molecule has 1 rings (SSSR count). The summed E-state index contributed by atoms with van der Waals surface area (Å²) in [6.45, 7) is 5.53. The van der Waals surface area contributed by atoms with Gasteiger partial charge >= 0.3 is 0 Å². The van der Waals surface area contributed by atoms with E-state index in [1.807, 2.05) is 13.8 Å². The van der Waals surface area contributed by atoms with Crippen LogP contribution >= 0.6 is 0 Å². The normalized spacial score (nSPS) is 37.3. The van der Waals surface area contributed by atoms with Crippen molar-refractivity contribution < 1.29 is 9.90 Å². The average Bonchev–Trinajstić information content (AvgIpc) is 1.84. The first-order valence-corrected chi connectivity index (χ1v) is 4.13. The summed E-state index contributed by atoms with van der Waals surface area (Å²) < 4.78 is 0. The smallest absolute Gasteiger partial charge is 0.164 e. The van der Waals surface area contributed by atoms with Crippen LogP contribution in [0.1, 0.15) is 40.0 Å². The van der Waals surface area contributed by atoms with Crippen molar-refractivity contribution in [1.82, 2.24) is 0 Å². The fraction of sp³-hybridized carbons (Fsp3) is 0.889. The second-order valence-electron chi connectivity index (χ2n) is 4.23. The first-order chi connectivity index (χ1) is 4.88. The highest BCUT2D eigenvalue weighted by atomic mass is 16.3. The van der Waals surface area contributed by atoms with E-state index < -0.39 is 5.60 Å². The van der Waals surface area contributed by atoms with Gasteiger partial charge in [0.25, 0.3) is 0 Å². The number of aliphatic hydroxyl groups is 1. The topological polar surface area (TPSA) is 37.3 Å². The van der Waals surface area contributed by atoms with Gasteiger partial charge in [-0.3, -0.25) is 4.79 Å². The van der Waals surface area contributed by atoms with Crippen molar-refractivity contribution in [3.63, 3.8) is 0 Å². The van der Waals surface area contributed by atoms with Gasteiger partial charge in [-0.05, 0) is 19.8 Å². The molecule has 1 aliphatic carbocycles. The lowest BCUT2D eigenvalue weighted by Gasteiger charge is -2.42. The summed E-state index contributed by atoms with van der Waals surface area (Å²) in [6.07, 6.45) is 2.39. The van der Waals surface area contributed by atoms with Crippen LogP contribution in [0, 0.1) is 5.41 Å². The molecule has 64 valence electrons. The zero-order valence-corrected chi connectivity index (χ0v) is 7.48. The monoisotopic (exact) mass is 156 g/mol. The highest BCUT2D eigenvalue weighted by Gasteiger charge is 2.47. The standard InChI is InChI=1S/C9H16O2/c1-8(2)6-4-5-7(10)9(8,3)11/h11H,4-6H2,1-3H3. The second kappa shape index (κ2) is 2.31. The Balaban J connectivity index is 2.91. The minimum absolute atomic E-state index is 0.00579. The van der Waals surface area contributed by atoms with Gasteiger partial charge in [-0.2, -0.15) is 0 Å². The van der Waals surface area contributed by atoms with Crippen molar-refractivity contribution in [1.29, 1.82) is 0 Å². The molecule has 1 saturated carbocycles. The van der Waals surface area contributed by atoms with E-state index >= 15 is 0 Å². The van der Waals surface area contributed by atoms with Gasteiger partial charge in [0, 0.05) is 11.8 Å². The highest BCUT2D eigenvalue weighted by Crippen LogP contribution is 2.41. The van der Waals surface area contributed by atoms with Crippen LogP contribution in [-0.4, -0.2) is 16.5 Å². The van der Waals surface area contributed by atoms with Gasteiger partial charge in [-0.1, -0.05) is 13.8 Å². The van der Waals surface area contributed by atoms with Gasteiger partial charge in [0.2, 0.25) is 0 Å². The fourth-order valence-corrected chi connectivity index (χ4v) is 1.56. The quantitative estimate of drug-likeness (QED) is 0.577. The van der Waals surface area contributed by atoms with Gasteiger partial charge in [0.1, 0.15) is 5.60 Å². The van der Waals surface area contributed by atoms with Crippen LogP contribution in [0.25, 0.3) is 0 Å². The lowest BCUT2D eigenvalue weighted by molar-refractivity contribution is -0.154. The predicted octanol–water partition coefficient (Wildman–Crippen LogP) is 1.52. The molecule has 1 fully saturated rings. The first-order valence-electron chi connectivity index (χ1n) is 4.13. The second-order valence-corrected chi connectivity index (χ2v) is 4.23. The van der Waals surface area contributed by atoms with Gasteiger partial charge in [0.15, 0.2) is 5.78 Å². The third-order valence-electron chi connectivity index (χ3n) is 3.07. The molecule has 0 aromatic heterocycles. The highest BCUT2D eigenvalue weighted by molar-refractivity contribution is 5.88. The van der Waals surface area contributed by atoms with Crippen LogP contribution in [0.5, 0.6) is 0 Å². The Labute approximate surface area is 67.6 Å². The molecule has 1 aliphatic rings. The zero-order chi connectivity index (χ0) is 8.70. The van der Waals surface area contributed by atoms with Crippen LogP contribution in [0.4, 0.5) is 0 Å². The molecule has 0 heterocycles. The van der Waals surface area contributed by atoms with Crippen LogP contribution in [0.2, 0.25) is 0 Å². The molecule has 1 unspecified atom stereocenters. The molecular formula is C9H16O2. The minimum atomic E-state index is -1.11. The SMILES string of the molecule is CC1(C)CCCC(=O)C1(C)O. The summed E-state index contributed by atoms with van der Waals surface area (Å²) >= 11 is 0. The molecule has 11 heavy (non-hydrogen) atoms. The van der Waals surface area contributed by atoms with Crippen molar-refractivity contribution in [3.8, 4) is 0 Å². The number of hydrogen-bond donors (Lipinski definition) is 1. The Morgan fingerprint density at radius 1 is 1.36 bits per heavy atom. The summed E-state index contributed by atoms with van der Waals surface area (Å²) in [5.74, 6) is -0.00579. The number of rotatable bonds is 0. The summed E-state index contributed by atoms with van der Waals surface area (Å²) in [4.78, 5) is 11.3. The van der Waals surface area contributed by atoms with Gasteiger partial charge < -0.3 is 5.11 Å². The van der Waals surface area contributed by atoms with E-state index in [0.717, 1.165) is 12.8 Å². The number of carbonyl (C=O) groups excluding carboxylic acids is 1. The number of carbonyl (C=O) groups is 1. The molecule has 0 saturated heterocycles. The molecular weight excluding hydrogens is 140 g/mol. The maximum absolute atomic E-state index is 11.3. The van der Waals surface area contributed by atoms with Crippen molar-refractivity contribution in [3.05, 3.63) is 0 Å². The average molecular weight is 156 g/mol. The molecule has 0 aromatic rings. The summed E-state index contributed by atoms with van der Waals surface area (Å²) in [5.41, 5.74) is -1.35. The van der Waals surface area contributed by atoms with E-state index in [2.05, 4.69) is 0 Å². The maximum Gasteiger partial charge on any atom is 0.164 e. The maximum atomic E-state index is 11.3. The molecule has 0 aromatic carbocycles. The zero-order valence-electron chi connectivity index (χ0n) is 7.48.